The van der Waals surface area contributed by atoms with Crippen LogP contribution in [0.15, 0.2) is 0 Å². The third kappa shape index (κ3) is 2.71. The van der Waals surface area contributed by atoms with Gasteiger partial charge in [-0.3, -0.25) is 4.79 Å². The van der Waals surface area contributed by atoms with Crippen LogP contribution in [0.2, 0.25) is 0 Å². The minimum absolute atomic E-state index is 0.140. The fraction of sp³-hybridized carbons (Fsp3) is 0.933. The van der Waals surface area contributed by atoms with Crippen LogP contribution in [0, 0.1) is 17.3 Å². The molecule has 3 N–H and O–H groups in total. The van der Waals surface area contributed by atoms with Crippen molar-refractivity contribution in [1.29, 1.82) is 0 Å². The van der Waals surface area contributed by atoms with Gasteiger partial charge in [-0.25, -0.2) is 0 Å². The lowest BCUT2D eigenvalue weighted by atomic mass is 9.68. The predicted molar refractivity (Wildman–Crippen MR) is 74.1 cm³/mol. The minimum Gasteiger partial charge on any atom is -0.349 e. The normalized spacial score (nSPS) is 30.6. The molecule has 2 fully saturated rings. The maximum Gasteiger partial charge on any atom is 0.224 e. The van der Waals surface area contributed by atoms with E-state index in [0.717, 1.165) is 12.8 Å². The third-order valence-corrected chi connectivity index (χ3v) is 5.13. The zero-order valence-corrected chi connectivity index (χ0v) is 12.1. The van der Waals surface area contributed by atoms with Gasteiger partial charge in [0.2, 0.25) is 5.91 Å². The van der Waals surface area contributed by atoms with E-state index in [1.54, 1.807) is 0 Å². The van der Waals surface area contributed by atoms with E-state index in [9.17, 15) is 4.79 Å². The summed E-state index contributed by atoms with van der Waals surface area (Å²) in [5, 5.41) is 3.27. The van der Waals surface area contributed by atoms with Gasteiger partial charge in [0.1, 0.15) is 0 Å². The smallest absolute Gasteiger partial charge is 0.224 e. The first-order valence-electron chi connectivity index (χ1n) is 7.41. The van der Waals surface area contributed by atoms with Crippen molar-refractivity contribution in [3.63, 3.8) is 0 Å². The molecule has 3 heteroatoms. The van der Waals surface area contributed by atoms with Crippen molar-refractivity contribution in [2.45, 2.75) is 64.8 Å². The Bertz CT molecular complexity index is 322. The van der Waals surface area contributed by atoms with Crippen LogP contribution in [-0.4, -0.2) is 18.0 Å². The van der Waals surface area contributed by atoms with Gasteiger partial charge in [0, 0.05) is 12.5 Å². The highest BCUT2D eigenvalue weighted by Crippen LogP contribution is 2.43. The van der Waals surface area contributed by atoms with Gasteiger partial charge in [0.05, 0.1) is 5.54 Å². The molecule has 0 radical (unpaired) electrons. The fourth-order valence-electron chi connectivity index (χ4n) is 3.39. The van der Waals surface area contributed by atoms with E-state index in [1.165, 1.54) is 25.7 Å². The van der Waals surface area contributed by atoms with E-state index >= 15 is 0 Å². The Labute approximate surface area is 111 Å². The molecule has 18 heavy (non-hydrogen) atoms. The second-order valence-corrected chi connectivity index (χ2v) is 7.17. The topological polar surface area (TPSA) is 55.1 Å². The van der Waals surface area contributed by atoms with Gasteiger partial charge in [-0.15, -0.1) is 0 Å². The van der Waals surface area contributed by atoms with Crippen molar-refractivity contribution in [3.8, 4) is 0 Å². The monoisotopic (exact) mass is 252 g/mol. The Morgan fingerprint density at radius 3 is 2.50 bits per heavy atom. The van der Waals surface area contributed by atoms with Crippen LogP contribution in [0.4, 0.5) is 0 Å². The van der Waals surface area contributed by atoms with Gasteiger partial charge in [-0.05, 0) is 43.9 Å². The van der Waals surface area contributed by atoms with E-state index in [0.29, 0.717) is 12.5 Å². The molecule has 0 aliphatic heterocycles. The zero-order valence-electron chi connectivity index (χ0n) is 12.1. The minimum atomic E-state index is -0.176. The van der Waals surface area contributed by atoms with E-state index < -0.39 is 0 Å². The highest BCUT2D eigenvalue weighted by Gasteiger charge is 2.44. The Morgan fingerprint density at radius 1 is 1.33 bits per heavy atom. The van der Waals surface area contributed by atoms with Crippen molar-refractivity contribution in [2.75, 3.05) is 6.54 Å². The van der Waals surface area contributed by atoms with Gasteiger partial charge in [0.15, 0.2) is 0 Å². The molecule has 0 heterocycles. The number of amides is 1. The third-order valence-electron chi connectivity index (χ3n) is 5.13. The number of nitrogens with one attached hydrogen (secondary N) is 1. The first kappa shape index (κ1) is 13.9. The van der Waals surface area contributed by atoms with Crippen molar-refractivity contribution >= 4 is 5.91 Å². The summed E-state index contributed by atoms with van der Waals surface area (Å²) in [5.74, 6) is 0.994. The summed E-state index contributed by atoms with van der Waals surface area (Å²) in [5.41, 5.74) is 5.84. The molecule has 2 aliphatic rings. The van der Waals surface area contributed by atoms with Gasteiger partial charge in [0.25, 0.3) is 0 Å². The van der Waals surface area contributed by atoms with Crippen LogP contribution in [-0.2, 0) is 4.79 Å². The van der Waals surface area contributed by atoms with Crippen LogP contribution in [0.3, 0.4) is 0 Å². The lowest BCUT2D eigenvalue weighted by molar-refractivity contribution is -0.132. The van der Waals surface area contributed by atoms with Crippen LogP contribution >= 0.6 is 0 Å². The van der Waals surface area contributed by atoms with E-state index in [4.69, 9.17) is 5.73 Å². The number of hydrogen-bond acceptors (Lipinski definition) is 2. The molecule has 0 bridgehead atoms. The first-order chi connectivity index (χ1) is 8.39. The van der Waals surface area contributed by atoms with Gasteiger partial charge in [-0.1, -0.05) is 26.7 Å². The number of nitrogens with two attached hydrogens (primary N) is 1. The molecule has 0 aromatic rings. The van der Waals surface area contributed by atoms with Crippen molar-refractivity contribution in [2.24, 2.45) is 23.0 Å². The Balaban J connectivity index is 2.02. The highest BCUT2D eigenvalue weighted by molar-refractivity contribution is 5.80. The quantitative estimate of drug-likeness (QED) is 0.807. The Morgan fingerprint density at radius 2 is 2.00 bits per heavy atom. The number of carbonyl (C=O) groups is 1. The van der Waals surface area contributed by atoms with Crippen LogP contribution in [0.25, 0.3) is 0 Å². The van der Waals surface area contributed by atoms with Gasteiger partial charge in [-0.2, -0.15) is 0 Å². The van der Waals surface area contributed by atoms with E-state index in [-0.39, 0.29) is 22.8 Å². The standard InChI is InChI=1S/C15H28N2O/c1-14(2)9-5-4-6-12(14)13(18)17-15(3,10-16)11-7-8-11/h11-12H,4-10,16H2,1-3H3,(H,17,18). The Kier molecular flexibility index (Phi) is 3.72. The summed E-state index contributed by atoms with van der Waals surface area (Å²) in [6.07, 6.45) is 7.06. The molecule has 2 saturated carbocycles. The molecular formula is C15H28N2O. The molecule has 0 aromatic heterocycles. The molecule has 0 saturated heterocycles. The molecule has 2 unspecified atom stereocenters. The molecule has 0 aromatic carbocycles. The molecule has 1 amide bonds. The second kappa shape index (κ2) is 4.84. The zero-order chi connectivity index (χ0) is 13.4. The molecular weight excluding hydrogens is 224 g/mol. The van der Waals surface area contributed by atoms with E-state index in [2.05, 4.69) is 26.1 Å². The fourth-order valence-corrected chi connectivity index (χ4v) is 3.39. The molecule has 3 nitrogen and oxygen atoms in total. The predicted octanol–water partition coefficient (Wildman–Crippen LogP) is 2.45. The lowest BCUT2D eigenvalue weighted by Crippen LogP contribution is -2.56. The van der Waals surface area contributed by atoms with Crippen LogP contribution < -0.4 is 11.1 Å². The largest absolute Gasteiger partial charge is 0.349 e. The van der Waals surface area contributed by atoms with Crippen molar-refractivity contribution in [3.05, 3.63) is 0 Å². The Hall–Kier alpha value is -0.570. The summed E-state index contributed by atoms with van der Waals surface area (Å²) < 4.78 is 0. The summed E-state index contributed by atoms with van der Waals surface area (Å²) >= 11 is 0. The molecule has 0 spiro atoms. The number of hydrogen-bond donors (Lipinski definition) is 2. The number of rotatable bonds is 4. The molecule has 104 valence electrons. The average molecular weight is 252 g/mol. The summed E-state index contributed by atoms with van der Waals surface area (Å²) in [7, 11) is 0. The number of carbonyl (C=O) groups excluding carboxylic acids is 1. The van der Waals surface area contributed by atoms with Crippen LogP contribution in [0.5, 0.6) is 0 Å². The first-order valence-corrected chi connectivity index (χ1v) is 7.41. The van der Waals surface area contributed by atoms with Crippen molar-refractivity contribution < 1.29 is 4.79 Å². The summed E-state index contributed by atoms with van der Waals surface area (Å²) in [4.78, 5) is 12.6. The van der Waals surface area contributed by atoms with Crippen LogP contribution in [0.1, 0.15) is 59.3 Å². The lowest BCUT2D eigenvalue weighted by Gasteiger charge is -2.40. The van der Waals surface area contributed by atoms with E-state index in [1.807, 2.05) is 0 Å². The molecule has 2 aliphatic carbocycles. The molecule has 2 atom stereocenters. The average Bonchev–Trinajstić information content (AvgIpc) is 3.12. The summed E-state index contributed by atoms with van der Waals surface area (Å²) in [6, 6.07) is 0. The SMILES string of the molecule is CC1(C)CCCCC1C(=O)NC(C)(CN)C1CC1. The van der Waals surface area contributed by atoms with Crippen molar-refractivity contribution in [1.82, 2.24) is 5.32 Å². The second-order valence-electron chi connectivity index (χ2n) is 7.17. The maximum atomic E-state index is 12.6. The van der Waals surface area contributed by atoms with Gasteiger partial charge >= 0.3 is 0 Å². The molecule has 2 rings (SSSR count). The summed E-state index contributed by atoms with van der Waals surface area (Å²) in [6.45, 7) is 7.12. The highest BCUT2D eigenvalue weighted by atomic mass is 16.2. The van der Waals surface area contributed by atoms with Gasteiger partial charge < -0.3 is 11.1 Å². The maximum absolute atomic E-state index is 12.6.